The molecule has 0 aliphatic carbocycles. The lowest BCUT2D eigenvalue weighted by Gasteiger charge is -2.22. The topological polar surface area (TPSA) is 12.9 Å². The number of pyridine rings is 1. The summed E-state index contributed by atoms with van der Waals surface area (Å²) in [6.07, 6.45) is 4.93. The van der Waals surface area contributed by atoms with E-state index in [2.05, 4.69) is 140 Å². The quantitative estimate of drug-likeness (QED) is 0.183. The van der Waals surface area contributed by atoms with Gasteiger partial charge >= 0.3 is 0 Å². The van der Waals surface area contributed by atoms with Gasteiger partial charge in [0.05, 0.1) is 12.1 Å². The van der Waals surface area contributed by atoms with Gasteiger partial charge in [0.2, 0.25) is 0 Å². The first-order chi connectivity index (χ1) is 19.3. The summed E-state index contributed by atoms with van der Waals surface area (Å²) in [7, 11) is 0. The van der Waals surface area contributed by atoms with E-state index in [0.29, 0.717) is 6.42 Å². The molecule has 1 heterocycles. The Morgan fingerprint density at radius 2 is 0.821 bits per heavy atom. The fraction of sp³-hybridized carbons (Fsp3) is 0.184. The highest BCUT2D eigenvalue weighted by atomic mass is 14.7. The molecule has 1 heteroatoms. The van der Waals surface area contributed by atoms with Gasteiger partial charge in [0.25, 0.3) is 0 Å². The van der Waals surface area contributed by atoms with Crippen LogP contribution < -0.4 is 0 Å². The molecule has 1 nitrogen and oxygen atoms in total. The zero-order valence-electron chi connectivity index (χ0n) is 22.7. The van der Waals surface area contributed by atoms with Crippen LogP contribution in [0.2, 0.25) is 0 Å². The zero-order valence-corrected chi connectivity index (χ0v) is 22.7. The number of benzene rings is 4. The number of nitrogens with zero attached hydrogens (tertiary/aromatic N) is 1. The molecule has 1 aromatic heterocycles. The van der Waals surface area contributed by atoms with E-state index < -0.39 is 0 Å². The van der Waals surface area contributed by atoms with Gasteiger partial charge in [-0.2, -0.15) is 0 Å². The molecule has 5 rings (SSSR count). The van der Waals surface area contributed by atoms with Crippen molar-refractivity contribution in [1.82, 2.24) is 4.98 Å². The van der Waals surface area contributed by atoms with E-state index in [0.717, 1.165) is 37.8 Å². The number of hydrogen-bond acceptors (Lipinski definition) is 1. The van der Waals surface area contributed by atoms with Crippen molar-refractivity contribution in [3.8, 4) is 11.8 Å². The Bertz CT molecular complexity index is 1530. The van der Waals surface area contributed by atoms with Gasteiger partial charge in [-0.3, -0.25) is 4.98 Å². The van der Waals surface area contributed by atoms with Crippen molar-refractivity contribution >= 4 is 0 Å². The smallest absolute Gasteiger partial charge is 0.0564 e. The first kappa shape index (κ1) is 26.2. The molecule has 0 unspecified atom stereocenters. The summed E-state index contributed by atoms with van der Waals surface area (Å²) in [6.45, 7) is 2.11. The minimum absolute atomic E-state index is 0.672. The molecule has 0 atom stereocenters. The van der Waals surface area contributed by atoms with Crippen molar-refractivity contribution in [1.29, 1.82) is 0 Å². The molecular weight excluding hydrogens is 470 g/mol. The maximum absolute atomic E-state index is 5.43. The Labute approximate surface area is 233 Å². The van der Waals surface area contributed by atoms with Crippen molar-refractivity contribution < 1.29 is 0 Å². The number of aromatic nitrogens is 1. The highest BCUT2D eigenvalue weighted by Crippen LogP contribution is 2.30. The molecule has 0 spiro atoms. The Morgan fingerprint density at radius 1 is 0.436 bits per heavy atom. The summed E-state index contributed by atoms with van der Waals surface area (Å²) in [5, 5.41) is 0. The predicted octanol–water partition coefficient (Wildman–Crippen LogP) is 8.40. The van der Waals surface area contributed by atoms with Gasteiger partial charge in [-0.05, 0) is 58.2 Å². The lowest BCUT2D eigenvalue weighted by Crippen LogP contribution is -2.14. The number of rotatable bonds is 9. The molecule has 0 radical (unpaired) electrons. The van der Waals surface area contributed by atoms with Crippen LogP contribution in [0.15, 0.2) is 121 Å². The fourth-order valence-electron chi connectivity index (χ4n) is 5.21. The van der Waals surface area contributed by atoms with Crippen LogP contribution in [0.1, 0.15) is 63.7 Å². The summed E-state index contributed by atoms with van der Waals surface area (Å²) in [5.41, 5.74) is 11.6. The van der Waals surface area contributed by atoms with Crippen LogP contribution in [0.5, 0.6) is 0 Å². The second-order valence-electron chi connectivity index (χ2n) is 9.97. The lowest BCUT2D eigenvalue weighted by atomic mass is 9.85. The van der Waals surface area contributed by atoms with Crippen LogP contribution >= 0.6 is 0 Å². The largest absolute Gasteiger partial charge is 0.256 e. The second-order valence-corrected chi connectivity index (χ2v) is 9.97. The SMILES string of the molecule is CCC#CCc1nc(Cc2ccccc2)c(Cc2ccccc2)c(Cc2ccccc2)c1Cc1ccccc1. The first-order valence-corrected chi connectivity index (χ1v) is 13.9. The summed E-state index contributed by atoms with van der Waals surface area (Å²) in [4.78, 5) is 5.43. The Hall–Kier alpha value is -4.41. The normalized spacial score (nSPS) is 10.6. The van der Waals surface area contributed by atoms with E-state index >= 15 is 0 Å². The van der Waals surface area contributed by atoms with Crippen LogP contribution in [-0.2, 0) is 32.1 Å². The Kier molecular flexibility index (Phi) is 9.01. The molecule has 0 fully saturated rings. The van der Waals surface area contributed by atoms with Crippen molar-refractivity contribution in [2.75, 3.05) is 0 Å². The van der Waals surface area contributed by atoms with E-state index in [9.17, 15) is 0 Å². The van der Waals surface area contributed by atoms with Crippen molar-refractivity contribution in [2.24, 2.45) is 0 Å². The van der Waals surface area contributed by atoms with E-state index in [4.69, 9.17) is 4.98 Å². The molecule has 4 aromatic carbocycles. The minimum atomic E-state index is 0.672. The van der Waals surface area contributed by atoms with Crippen LogP contribution in [0.4, 0.5) is 0 Å². The summed E-state index contributed by atoms with van der Waals surface area (Å²) in [6, 6.07) is 43.2. The van der Waals surface area contributed by atoms with Crippen LogP contribution in [0.25, 0.3) is 0 Å². The third kappa shape index (κ3) is 7.13. The van der Waals surface area contributed by atoms with E-state index in [1.165, 1.54) is 44.6 Å². The van der Waals surface area contributed by atoms with Gasteiger partial charge in [0.1, 0.15) is 0 Å². The molecule has 0 aliphatic heterocycles. The van der Waals surface area contributed by atoms with Crippen LogP contribution in [-0.4, -0.2) is 4.98 Å². The van der Waals surface area contributed by atoms with Crippen LogP contribution in [0.3, 0.4) is 0 Å². The molecule has 0 N–H and O–H groups in total. The average Bonchev–Trinajstić information content (AvgIpc) is 2.99. The fourth-order valence-corrected chi connectivity index (χ4v) is 5.21. The molecular formula is C38H35N. The highest BCUT2D eigenvalue weighted by molar-refractivity contribution is 5.49. The molecule has 192 valence electrons. The molecule has 39 heavy (non-hydrogen) atoms. The first-order valence-electron chi connectivity index (χ1n) is 13.9. The van der Waals surface area contributed by atoms with E-state index in [1.807, 2.05) is 0 Å². The van der Waals surface area contributed by atoms with Crippen molar-refractivity contribution in [3.63, 3.8) is 0 Å². The van der Waals surface area contributed by atoms with E-state index in [1.54, 1.807) is 0 Å². The van der Waals surface area contributed by atoms with Crippen molar-refractivity contribution in [2.45, 2.75) is 45.4 Å². The van der Waals surface area contributed by atoms with Gasteiger partial charge in [-0.1, -0.05) is 134 Å². The molecule has 0 saturated carbocycles. The predicted molar refractivity (Wildman–Crippen MR) is 163 cm³/mol. The molecule has 0 saturated heterocycles. The minimum Gasteiger partial charge on any atom is -0.256 e. The molecule has 0 amide bonds. The Balaban J connectivity index is 1.73. The van der Waals surface area contributed by atoms with Gasteiger partial charge in [0, 0.05) is 18.5 Å². The van der Waals surface area contributed by atoms with E-state index in [-0.39, 0.29) is 0 Å². The third-order valence-electron chi connectivity index (χ3n) is 7.14. The molecule has 0 bridgehead atoms. The standard InChI is InChI=1S/C38H35N/c1-2-3-8-25-37-35(27-31-19-11-5-12-20-31)34(26-30-17-9-4-10-18-30)36(28-32-21-13-6-14-22-32)38(39-37)29-33-23-15-7-16-24-33/h4-7,9-24H,2,25-29H2,1H3. The lowest BCUT2D eigenvalue weighted by molar-refractivity contribution is 0.895. The molecule has 0 aliphatic rings. The maximum atomic E-state index is 5.43. The maximum Gasteiger partial charge on any atom is 0.0564 e. The van der Waals surface area contributed by atoms with Gasteiger partial charge in [-0.15, -0.1) is 5.92 Å². The van der Waals surface area contributed by atoms with Crippen molar-refractivity contribution in [3.05, 3.63) is 172 Å². The molecule has 5 aromatic rings. The van der Waals surface area contributed by atoms with Gasteiger partial charge in [-0.25, -0.2) is 0 Å². The Morgan fingerprint density at radius 3 is 1.26 bits per heavy atom. The third-order valence-corrected chi connectivity index (χ3v) is 7.14. The van der Waals surface area contributed by atoms with Crippen LogP contribution in [0, 0.1) is 11.8 Å². The van der Waals surface area contributed by atoms with Gasteiger partial charge in [0.15, 0.2) is 0 Å². The highest BCUT2D eigenvalue weighted by Gasteiger charge is 2.21. The monoisotopic (exact) mass is 505 g/mol. The second kappa shape index (κ2) is 13.4. The summed E-state index contributed by atoms with van der Waals surface area (Å²) < 4.78 is 0. The number of hydrogen-bond donors (Lipinski definition) is 0. The summed E-state index contributed by atoms with van der Waals surface area (Å²) >= 11 is 0. The van der Waals surface area contributed by atoms with Gasteiger partial charge < -0.3 is 0 Å². The summed E-state index contributed by atoms with van der Waals surface area (Å²) in [5.74, 6) is 6.71. The average molecular weight is 506 g/mol. The zero-order chi connectivity index (χ0) is 26.7.